The standard InChI is InChI=1S/C10H12N4O2/c1-2-14-6-7(11)5-8(14)10(15)12-9-3-4-16-13-9/h3-6H,2,11H2,1H3,(H,12,13,15). The number of nitrogen functional groups attached to an aromatic ring is 1. The second kappa shape index (κ2) is 4.09. The van der Waals surface area contributed by atoms with Gasteiger partial charge in [-0.25, -0.2) is 0 Å². The highest BCUT2D eigenvalue weighted by atomic mass is 16.5. The molecule has 0 radical (unpaired) electrons. The Kier molecular flexibility index (Phi) is 2.63. The third-order valence-corrected chi connectivity index (χ3v) is 2.17. The predicted molar refractivity (Wildman–Crippen MR) is 59.0 cm³/mol. The minimum atomic E-state index is -0.257. The lowest BCUT2D eigenvalue weighted by atomic mass is 10.4. The van der Waals surface area contributed by atoms with Crippen molar-refractivity contribution >= 4 is 17.4 Å². The number of aryl methyl sites for hydroxylation is 1. The molecule has 0 spiro atoms. The zero-order chi connectivity index (χ0) is 11.5. The number of amides is 1. The van der Waals surface area contributed by atoms with Gasteiger partial charge < -0.3 is 20.1 Å². The Hall–Kier alpha value is -2.24. The van der Waals surface area contributed by atoms with Crippen molar-refractivity contribution < 1.29 is 9.32 Å². The maximum Gasteiger partial charge on any atom is 0.273 e. The molecule has 1 amide bonds. The number of carbonyl (C=O) groups excluding carboxylic acids is 1. The van der Waals surface area contributed by atoms with Gasteiger partial charge in [-0.1, -0.05) is 5.16 Å². The third kappa shape index (κ3) is 1.90. The quantitative estimate of drug-likeness (QED) is 0.817. The van der Waals surface area contributed by atoms with E-state index >= 15 is 0 Å². The fraction of sp³-hybridized carbons (Fsp3) is 0.200. The van der Waals surface area contributed by atoms with Gasteiger partial charge in [-0.05, 0) is 13.0 Å². The number of nitrogens with zero attached hydrogens (tertiary/aromatic N) is 2. The monoisotopic (exact) mass is 220 g/mol. The highest BCUT2D eigenvalue weighted by Gasteiger charge is 2.13. The molecular weight excluding hydrogens is 208 g/mol. The lowest BCUT2D eigenvalue weighted by molar-refractivity contribution is 0.101. The van der Waals surface area contributed by atoms with Gasteiger partial charge in [-0.2, -0.15) is 0 Å². The Morgan fingerprint density at radius 3 is 3.12 bits per heavy atom. The molecule has 0 aliphatic heterocycles. The number of hydrogen-bond donors (Lipinski definition) is 2. The number of nitrogens with two attached hydrogens (primary N) is 1. The topological polar surface area (TPSA) is 86.1 Å². The molecule has 0 saturated heterocycles. The average Bonchev–Trinajstić information content (AvgIpc) is 2.86. The van der Waals surface area contributed by atoms with E-state index in [4.69, 9.17) is 5.73 Å². The summed E-state index contributed by atoms with van der Waals surface area (Å²) in [5, 5.41) is 6.20. The van der Waals surface area contributed by atoms with Crippen molar-refractivity contribution in [3.63, 3.8) is 0 Å². The van der Waals surface area contributed by atoms with E-state index in [9.17, 15) is 4.79 Å². The first kappa shape index (κ1) is 10.3. The number of rotatable bonds is 3. The molecule has 16 heavy (non-hydrogen) atoms. The summed E-state index contributed by atoms with van der Waals surface area (Å²) in [5.74, 6) is 0.125. The zero-order valence-electron chi connectivity index (χ0n) is 8.80. The maximum absolute atomic E-state index is 11.8. The van der Waals surface area contributed by atoms with E-state index in [1.165, 1.54) is 6.26 Å². The predicted octanol–water partition coefficient (Wildman–Crippen LogP) is 1.33. The van der Waals surface area contributed by atoms with Crippen LogP contribution in [0.15, 0.2) is 29.1 Å². The maximum atomic E-state index is 11.8. The molecule has 2 aromatic heterocycles. The Morgan fingerprint density at radius 2 is 2.50 bits per heavy atom. The highest BCUT2D eigenvalue weighted by molar-refractivity contribution is 6.03. The van der Waals surface area contributed by atoms with Gasteiger partial charge in [-0.3, -0.25) is 4.79 Å². The van der Waals surface area contributed by atoms with E-state index in [-0.39, 0.29) is 5.91 Å². The summed E-state index contributed by atoms with van der Waals surface area (Å²) >= 11 is 0. The third-order valence-electron chi connectivity index (χ3n) is 2.17. The summed E-state index contributed by atoms with van der Waals surface area (Å²) in [4.78, 5) is 11.8. The molecule has 6 heteroatoms. The summed E-state index contributed by atoms with van der Waals surface area (Å²) in [6.07, 6.45) is 3.11. The van der Waals surface area contributed by atoms with Crippen LogP contribution in [-0.4, -0.2) is 15.6 Å². The molecule has 0 bridgehead atoms. The Balaban J connectivity index is 2.20. The van der Waals surface area contributed by atoms with Crippen LogP contribution in [-0.2, 0) is 6.54 Å². The lowest BCUT2D eigenvalue weighted by Crippen LogP contribution is -2.16. The number of carbonyl (C=O) groups is 1. The van der Waals surface area contributed by atoms with Crippen LogP contribution >= 0.6 is 0 Å². The van der Waals surface area contributed by atoms with Gasteiger partial charge in [0.2, 0.25) is 0 Å². The summed E-state index contributed by atoms with van der Waals surface area (Å²) in [6, 6.07) is 3.19. The molecule has 0 unspecified atom stereocenters. The van der Waals surface area contributed by atoms with Crippen molar-refractivity contribution in [1.29, 1.82) is 0 Å². The smallest absolute Gasteiger partial charge is 0.273 e. The van der Waals surface area contributed by atoms with Gasteiger partial charge in [0.1, 0.15) is 12.0 Å². The van der Waals surface area contributed by atoms with Crippen LogP contribution in [0.2, 0.25) is 0 Å². The molecule has 0 saturated carbocycles. The summed E-state index contributed by atoms with van der Waals surface area (Å²) in [6.45, 7) is 2.62. The molecule has 0 atom stereocenters. The van der Waals surface area contributed by atoms with E-state index < -0.39 is 0 Å². The molecule has 6 nitrogen and oxygen atoms in total. The van der Waals surface area contributed by atoms with Crippen LogP contribution in [0.5, 0.6) is 0 Å². The van der Waals surface area contributed by atoms with Crippen LogP contribution in [0, 0.1) is 0 Å². The molecule has 2 heterocycles. The molecule has 0 aliphatic rings. The van der Waals surface area contributed by atoms with Crippen molar-refractivity contribution in [2.45, 2.75) is 13.5 Å². The minimum absolute atomic E-state index is 0.257. The van der Waals surface area contributed by atoms with E-state index in [0.717, 1.165) is 0 Å². The first-order chi connectivity index (χ1) is 7.70. The lowest BCUT2D eigenvalue weighted by Gasteiger charge is -2.04. The fourth-order valence-corrected chi connectivity index (χ4v) is 1.44. The molecule has 84 valence electrons. The van der Waals surface area contributed by atoms with Crippen LogP contribution < -0.4 is 11.1 Å². The summed E-state index contributed by atoms with van der Waals surface area (Å²) < 4.78 is 6.39. The second-order valence-corrected chi connectivity index (χ2v) is 3.28. The van der Waals surface area contributed by atoms with Crippen molar-refractivity contribution in [3.05, 3.63) is 30.3 Å². The van der Waals surface area contributed by atoms with Crippen molar-refractivity contribution in [2.75, 3.05) is 11.1 Å². The summed E-state index contributed by atoms with van der Waals surface area (Å²) in [7, 11) is 0. The van der Waals surface area contributed by atoms with Crippen LogP contribution in [0.4, 0.5) is 11.5 Å². The number of hydrogen-bond acceptors (Lipinski definition) is 4. The first-order valence-electron chi connectivity index (χ1n) is 4.88. The number of aromatic nitrogens is 2. The Bertz CT molecular complexity index is 487. The highest BCUT2D eigenvalue weighted by Crippen LogP contribution is 2.12. The fourth-order valence-electron chi connectivity index (χ4n) is 1.44. The molecule has 2 rings (SSSR count). The largest absolute Gasteiger partial charge is 0.397 e. The minimum Gasteiger partial charge on any atom is -0.397 e. The SMILES string of the molecule is CCn1cc(N)cc1C(=O)Nc1ccon1. The Labute approximate surface area is 92.0 Å². The van der Waals surface area contributed by atoms with Crippen molar-refractivity contribution in [2.24, 2.45) is 0 Å². The van der Waals surface area contributed by atoms with Gasteiger partial charge in [0.25, 0.3) is 5.91 Å². The van der Waals surface area contributed by atoms with E-state index in [2.05, 4.69) is 15.0 Å². The first-order valence-corrected chi connectivity index (χ1v) is 4.88. The van der Waals surface area contributed by atoms with Gasteiger partial charge in [0, 0.05) is 18.8 Å². The van der Waals surface area contributed by atoms with Gasteiger partial charge in [0.15, 0.2) is 5.82 Å². The van der Waals surface area contributed by atoms with Gasteiger partial charge >= 0.3 is 0 Å². The number of nitrogens with one attached hydrogen (secondary N) is 1. The van der Waals surface area contributed by atoms with Crippen molar-refractivity contribution in [3.8, 4) is 0 Å². The zero-order valence-corrected chi connectivity index (χ0v) is 8.80. The molecule has 2 aromatic rings. The van der Waals surface area contributed by atoms with E-state index in [1.807, 2.05) is 6.92 Å². The molecule has 3 N–H and O–H groups in total. The average molecular weight is 220 g/mol. The second-order valence-electron chi connectivity index (χ2n) is 3.28. The van der Waals surface area contributed by atoms with E-state index in [1.54, 1.807) is 22.9 Å². The van der Waals surface area contributed by atoms with Gasteiger partial charge in [-0.15, -0.1) is 0 Å². The molecular formula is C10H12N4O2. The molecule has 0 aromatic carbocycles. The van der Waals surface area contributed by atoms with Crippen LogP contribution in [0.3, 0.4) is 0 Å². The normalized spacial score (nSPS) is 10.3. The molecule has 0 fully saturated rings. The molecule has 0 aliphatic carbocycles. The van der Waals surface area contributed by atoms with Crippen LogP contribution in [0.25, 0.3) is 0 Å². The van der Waals surface area contributed by atoms with Crippen molar-refractivity contribution in [1.82, 2.24) is 9.72 Å². The Morgan fingerprint density at radius 1 is 1.69 bits per heavy atom. The summed E-state index contributed by atoms with van der Waals surface area (Å²) in [5.41, 5.74) is 6.70. The van der Waals surface area contributed by atoms with Gasteiger partial charge in [0.05, 0.1) is 5.69 Å². The number of anilines is 2. The van der Waals surface area contributed by atoms with E-state index in [0.29, 0.717) is 23.7 Å². The van der Waals surface area contributed by atoms with Crippen LogP contribution in [0.1, 0.15) is 17.4 Å².